The van der Waals surface area contributed by atoms with E-state index < -0.39 is 10.0 Å². The van der Waals surface area contributed by atoms with Crippen LogP contribution in [0, 0.1) is 0 Å². The number of hydrogen-bond donors (Lipinski definition) is 1. The van der Waals surface area contributed by atoms with Gasteiger partial charge >= 0.3 is 0 Å². The molecule has 3 aliphatic rings. The lowest BCUT2D eigenvalue weighted by Crippen LogP contribution is -2.18. The van der Waals surface area contributed by atoms with Crippen molar-refractivity contribution in [3.63, 3.8) is 0 Å². The first-order chi connectivity index (χ1) is 15.1. The minimum Gasteiger partial charge on any atom is -0.462 e. The van der Waals surface area contributed by atoms with Gasteiger partial charge in [-0.1, -0.05) is 55.7 Å². The molecule has 0 saturated heterocycles. The van der Waals surface area contributed by atoms with E-state index in [2.05, 4.69) is 21.4 Å². The number of nitrogens with two attached hydrogens (primary N) is 1. The Hall–Kier alpha value is -2.64. The molecule has 5 rings (SSSR count). The van der Waals surface area contributed by atoms with E-state index in [-0.39, 0.29) is 5.60 Å². The summed E-state index contributed by atoms with van der Waals surface area (Å²) in [6, 6.07) is 14.0. The molecule has 2 heterocycles. The van der Waals surface area contributed by atoms with Crippen LogP contribution in [-0.2, 0) is 19.6 Å². The summed E-state index contributed by atoms with van der Waals surface area (Å²) in [7, 11) is -3.79. The number of ether oxygens (including phenoxy) is 1. The smallest absolute Gasteiger partial charge is 0.293 e. The molecule has 0 radical (unpaired) electrons. The molecule has 1 fully saturated rings. The van der Waals surface area contributed by atoms with E-state index >= 15 is 0 Å². The van der Waals surface area contributed by atoms with Crippen LogP contribution in [0.15, 0.2) is 47.4 Å². The molecule has 7 heteroatoms. The largest absolute Gasteiger partial charge is 0.462 e. The van der Waals surface area contributed by atoms with Gasteiger partial charge < -0.3 is 9.30 Å². The first-order valence-corrected chi connectivity index (χ1v) is 12.6. The predicted octanol–water partition coefficient (Wildman–Crippen LogP) is 5.26. The minimum atomic E-state index is -3.79. The first-order valence-electron chi connectivity index (χ1n) is 11.0. The van der Waals surface area contributed by atoms with Crippen LogP contribution in [0.5, 0.6) is 0 Å². The fourth-order valence-electron chi connectivity index (χ4n) is 4.66. The number of para-hydroxylation sites is 1. The van der Waals surface area contributed by atoms with Crippen LogP contribution in [-0.4, -0.2) is 25.1 Å². The van der Waals surface area contributed by atoms with Crippen LogP contribution in [0.25, 0.3) is 27.8 Å². The van der Waals surface area contributed by atoms with Gasteiger partial charge in [0.15, 0.2) is 0 Å². The standard InChI is InChI=1S/C20H20N2O2S.C5H10O2/c21-25(23,24)20-14(13-7-2-1-3-8-13)10-6-11-16(20)19-18-15-9-4-5-12-17(15)22(18)19;1-5(2,3)7-4-6/h4-6,9-13H,1-3,7-8H2,(H2,21,23,24);4H,1-3H3. The monoisotopic (exact) mass is 454 g/mol. The van der Waals surface area contributed by atoms with Gasteiger partial charge in [-0.15, -0.1) is 0 Å². The Kier molecular flexibility index (Phi) is 5.90. The summed E-state index contributed by atoms with van der Waals surface area (Å²) in [6.07, 6.45) is 5.64. The van der Waals surface area contributed by atoms with E-state index in [9.17, 15) is 13.2 Å². The molecule has 2 aliphatic heterocycles. The maximum Gasteiger partial charge on any atom is 0.293 e. The quantitative estimate of drug-likeness (QED) is 0.426. The Morgan fingerprint density at radius 2 is 1.72 bits per heavy atom. The molecule has 170 valence electrons. The van der Waals surface area contributed by atoms with Crippen molar-refractivity contribution in [3.8, 4) is 16.9 Å². The number of rotatable bonds is 4. The average molecular weight is 455 g/mol. The number of hydrogen-bond acceptors (Lipinski definition) is 4. The van der Waals surface area contributed by atoms with E-state index in [0.29, 0.717) is 17.3 Å². The zero-order valence-corrected chi connectivity index (χ0v) is 19.6. The lowest BCUT2D eigenvalue weighted by Gasteiger charge is -2.24. The molecule has 0 bridgehead atoms. The van der Waals surface area contributed by atoms with Crippen molar-refractivity contribution >= 4 is 27.4 Å². The Balaban J connectivity index is 0.000000307. The number of fused-ring (bicyclic) bond motifs is 4. The number of benzene rings is 2. The summed E-state index contributed by atoms with van der Waals surface area (Å²) < 4.78 is 31.7. The van der Waals surface area contributed by atoms with Gasteiger partial charge in [-0.2, -0.15) is 0 Å². The summed E-state index contributed by atoms with van der Waals surface area (Å²) in [4.78, 5) is 9.94. The van der Waals surface area contributed by atoms with Crippen LogP contribution >= 0.6 is 0 Å². The van der Waals surface area contributed by atoms with Gasteiger partial charge in [0.25, 0.3) is 6.47 Å². The second kappa shape index (κ2) is 8.37. The lowest BCUT2D eigenvalue weighted by atomic mass is 9.83. The normalized spacial score (nSPS) is 15.8. The summed E-state index contributed by atoms with van der Waals surface area (Å²) in [5.74, 6) is 0.293. The second-order valence-electron chi connectivity index (χ2n) is 9.48. The highest BCUT2D eigenvalue weighted by Gasteiger charge is 2.37. The van der Waals surface area contributed by atoms with Crippen LogP contribution in [0.3, 0.4) is 0 Å². The fraction of sp³-hybridized carbons (Fsp3) is 0.400. The number of carbonyl (C=O) groups excluding carboxylic acids is 1. The van der Waals surface area contributed by atoms with E-state index in [1.54, 1.807) is 0 Å². The number of carbonyl (C=O) groups is 1. The second-order valence-corrected chi connectivity index (χ2v) is 11.0. The van der Waals surface area contributed by atoms with Gasteiger partial charge in [0.05, 0.1) is 21.8 Å². The van der Waals surface area contributed by atoms with Gasteiger partial charge in [-0.05, 0) is 51.2 Å². The Labute approximate surface area is 189 Å². The van der Waals surface area contributed by atoms with E-state index in [4.69, 9.17) is 5.14 Å². The van der Waals surface area contributed by atoms with E-state index in [1.165, 1.54) is 11.8 Å². The molecule has 2 N–H and O–H groups in total. The molecule has 2 aromatic carbocycles. The SMILES string of the molecule is CC(C)(C)OC=O.NS(=O)(=O)c1c(-c2c3c4ccccc4n2-3)cccc1C1CCCCC1. The van der Waals surface area contributed by atoms with Crippen molar-refractivity contribution in [2.75, 3.05) is 0 Å². The van der Waals surface area contributed by atoms with Crippen molar-refractivity contribution in [2.45, 2.75) is 69.3 Å². The molecular weight excluding hydrogens is 424 g/mol. The molecule has 0 amide bonds. The number of sulfonamides is 1. The molecule has 6 nitrogen and oxygen atoms in total. The molecule has 0 aromatic heterocycles. The van der Waals surface area contributed by atoms with E-state index in [1.807, 2.05) is 51.1 Å². The van der Waals surface area contributed by atoms with Crippen molar-refractivity contribution in [1.29, 1.82) is 0 Å². The summed E-state index contributed by atoms with van der Waals surface area (Å²) in [6.45, 7) is 5.92. The van der Waals surface area contributed by atoms with Gasteiger partial charge in [-0.25, -0.2) is 13.6 Å². The Bertz CT molecular complexity index is 1220. The fourth-order valence-corrected chi connectivity index (χ4v) is 5.69. The number of primary sulfonamides is 1. The maximum absolute atomic E-state index is 12.5. The van der Waals surface area contributed by atoms with Crippen LogP contribution in [0.4, 0.5) is 0 Å². The third-order valence-corrected chi connectivity index (χ3v) is 7.08. The molecule has 0 atom stereocenters. The van der Waals surface area contributed by atoms with Crippen molar-refractivity contribution in [3.05, 3.63) is 48.0 Å². The predicted molar refractivity (Wildman–Crippen MR) is 126 cm³/mol. The summed E-state index contributed by atoms with van der Waals surface area (Å²) in [5.41, 5.74) is 4.64. The lowest BCUT2D eigenvalue weighted by molar-refractivity contribution is -0.138. The van der Waals surface area contributed by atoms with Crippen LogP contribution in [0.1, 0.15) is 64.4 Å². The topological polar surface area (TPSA) is 91.4 Å². The first kappa shape index (κ1) is 22.6. The zero-order chi connectivity index (χ0) is 23.1. The Morgan fingerprint density at radius 1 is 1.03 bits per heavy atom. The number of nitrogens with zero attached hydrogens (tertiary/aromatic N) is 1. The highest BCUT2D eigenvalue weighted by molar-refractivity contribution is 7.89. The van der Waals surface area contributed by atoms with Gasteiger partial charge in [0.2, 0.25) is 10.0 Å². The van der Waals surface area contributed by atoms with Crippen molar-refractivity contribution in [2.24, 2.45) is 5.14 Å². The van der Waals surface area contributed by atoms with Gasteiger partial charge in [0.1, 0.15) is 5.60 Å². The van der Waals surface area contributed by atoms with Gasteiger partial charge in [0, 0.05) is 10.9 Å². The van der Waals surface area contributed by atoms with E-state index in [0.717, 1.165) is 53.7 Å². The molecule has 1 saturated carbocycles. The molecule has 32 heavy (non-hydrogen) atoms. The number of aromatic nitrogens is 1. The Morgan fingerprint density at radius 3 is 2.28 bits per heavy atom. The molecular formula is C25H30N2O4S. The van der Waals surface area contributed by atoms with Crippen LogP contribution in [0.2, 0.25) is 0 Å². The highest BCUT2D eigenvalue weighted by atomic mass is 32.2. The zero-order valence-electron chi connectivity index (χ0n) is 18.8. The van der Waals surface area contributed by atoms with Crippen LogP contribution < -0.4 is 5.14 Å². The molecule has 0 spiro atoms. The van der Waals surface area contributed by atoms with Crippen molar-refractivity contribution < 1.29 is 17.9 Å². The minimum absolute atomic E-state index is 0.293. The molecule has 0 unspecified atom stereocenters. The average Bonchev–Trinajstić information content (AvgIpc) is 3.40. The molecule has 2 aromatic rings. The van der Waals surface area contributed by atoms with Crippen molar-refractivity contribution in [1.82, 2.24) is 4.57 Å². The summed E-state index contributed by atoms with van der Waals surface area (Å²) in [5, 5.41) is 6.87. The third-order valence-electron chi connectivity index (χ3n) is 6.05. The van der Waals surface area contributed by atoms with Gasteiger partial charge in [-0.3, -0.25) is 4.79 Å². The highest BCUT2D eigenvalue weighted by Crippen LogP contribution is 2.53. The maximum atomic E-state index is 12.5. The summed E-state index contributed by atoms with van der Waals surface area (Å²) >= 11 is 0. The molecule has 1 aliphatic carbocycles. The third kappa shape index (κ3) is 4.32.